The van der Waals surface area contributed by atoms with Crippen LogP contribution in [0.1, 0.15) is 30.1 Å². The van der Waals surface area contributed by atoms with Crippen molar-refractivity contribution in [2.24, 2.45) is 5.92 Å². The maximum Gasteiger partial charge on any atom is 0.255 e. The molecule has 1 aliphatic rings. The second kappa shape index (κ2) is 5.44. The number of carbonyl (C=O) groups is 1. The number of nitrogens with zero attached hydrogens (tertiary/aromatic N) is 2. The highest BCUT2D eigenvalue weighted by atomic mass is 19.1. The average Bonchev–Trinajstić information content (AvgIpc) is 2.38. The number of halogens is 1. The van der Waals surface area contributed by atoms with Crippen LogP contribution in [0, 0.1) is 11.7 Å². The quantitative estimate of drug-likeness (QED) is 0.866. The van der Waals surface area contributed by atoms with Gasteiger partial charge in [-0.1, -0.05) is 0 Å². The molecule has 1 saturated heterocycles. The van der Waals surface area contributed by atoms with E-state index in [4.69, 9.17) is 0 Å². The van der Waals surface area contributed by atoms with Crippen LogP contribution >= 0.6 is 0 Å². The van der Waals surface area contributed by atoms with Gasteiger partial charge in [0, 0.05) is 19.3 Å². The van der Waals surface area contributed by atoms with Crippen LogP contribution in [-0.4, -0.2) is 40.1 Å². The van der Waals surface area contributed by atoms with E-state index >= 15 is 0 Å². The summed E-state index contributed by atoms with van der Waals surface area (Å²) in [6.07, 6.45) is 3.69. The summed E-state index contributed by atoms with van der Waals surface area (Å²) in [6.45, 7) is 2.98. The van der Waals surface area contributed by atoms with Gasteiger partial charge in [-0.15, -0.1) is 0 Å². The van der Waals surface area contributed by atoms with Gasteiger partial charge in [-0.3, -0.25) is 9.78 Å². The predicted molar refractivity (Wildman–Crippen MR) is 64.5 cm³/mol. The molecular weight excluding hydrogens is 235 g/mol. The lowest BCUT2D eigenvalue weighted by atomic mass is 9.92. The zero-order chi connectivity index (χ0) is 13.1. The van der Waals surface area contributed by atoms with E-state index in [-0.39, 0.29) is 23.5 Å². The number of piperidine rings is 1. The van der Waals surface area contributed by atoms with Crippen LogP contribution in [0.5, 0.6) is 0 Å². The third kappa shape index (κ3) is 2.85. The molecule has 0 saturated carbocycles. The Labute approximate surface area is 105 Å². The van der Waals surface area contributed by atoms with Crippen LogP contribution in [0.25, 0.3) is 0 Å². The summed E-state index contributed by atoms with van der Waals surface area (Å²) < 4.78 is 13.0. The molecule has 0 radical (unpaired) electrons. The molecule has 1 fully saturated rings. The van der Waals surface area contributed by atoms with Gasteiger partial charge in [0.15, 0.2) is 0 Å². The topological polar surface area (TPSA) is 53.4 Å². The summed E-state index contributed by atoms with van der Waals surface area (Å²) in [5.74, 6) is -0.439. The first kappa shape index (κ1) is 13.0. The Bertz CT molecular complexity index is 429. The fourth-order valence-corrected chi connectivity index (χ4v) is 2.30. The largest absolute Gasteiger partial charge is 0.393 e. The highest BCUT2D eigenvalue weighted by Crippen LogP contribution is 2.21. The Morgan fingerprint density at radius 2 is 2.17 bits per heavy atom. The van der Waals surface area contributed by atoms with E-state index in [0.717, 1.165) is 19.0 Å². The molecule has 5 heteroatoms. The number of amides is 1. The first-order valence-corrected chi connectivity index (χ1v) is 6.16. The van der Waals surface area contributed by atoms with Gasteiger partial charge in [0.2, 0.25) is 0 Å². The molecule has 1 atom stereocenters. The second-order valence-corrected chi connectivity index (χ2v) is 4.76. The monoisotopic (exact) mass is 252 g/mol. The van der Waals surface area contributed by atoms with Gasteiger partial charge >= 0.3 is 0 Å². The highest BCUT2D eigenvalue weighted by molar-refractivity contribution is 5.93. The van der Waals surface area contributed by atoms with Crippen LogP contribution in [0.3, 0.4) is 0 Å². The maximum absolute atomic E-state index is 13.0. The molecule has 0 aliphatic carbocycles. The molecule has 4 nitrogen and oxygen atoms in total. The van der Waals surface area contributed by atoms with Crippen LogP contribution < -0.4 is 0 Å². The zero-order valence-corrected chi connectivity index (χ0v) is 10.3. The Hall–Kier alpha value is -1.49. The molecule has 2 heterocycles. The van der Waals surface area contributed by atoms with Crippen LogP contribution in [0.15, 0.2) is 18.5 Å². The number of pyridine rings is 1. The Kier molecular flexibility index (Phi) is 3.91. The molecule has 0 bridgehead atoms. The number of aliphatic hydroxyl groups is 1. The lowest BCUT2D eigenvalue weighted by Gasteiger charge is -2.33. The molecule has 98 valence electrons. The summed E-state index contributed by atoms with van der Waals surface area (Å²) in [4.78, 5) is 17.5. The number of likely N-dealkylation sites (tertiary alicyclic amines) is 1. The molecule has 18 heavy (non-hydrogen) atoms. The molecule has 0 spiro atoms. The van der Waals surface area contributed by atoms with Gasteiger partial charge < -0.3 is 10.0 Å². The number of aliphatic hydroxyl groups excluding tert-OH is 1. The molecule has 1 aromatic rings. The van der Waals surface area contributed by atoms with E-state index in [9.17, 15) is 14.3 Å². The fourth-order valence-electron chi connectivity index (χ4n) is 2.30. The standard InChI is InChI=1S/C13H17FN2O2/c1-9(17)10-2-4-16(5-3-10)13(18)11-6-12(14)8-15-7-11/h6-10,17H,2-5H2,1H3. The van der Waals surface area contributed by atoms with Gasteiger partial charge in [-0.05, 0) is 31.7 Å². The smallest absolute Gasteiger partial charge is 0.255 e. The van der Waals surface area contributed by atoms with Gasteiger partial charge in [-0.2, -0.15) is 0 Å². The minimum Gasteiger partial charge on any atom is -0.393 e. The third-order valence-corrected chi connectivity index (χ3v) is 3.46. The summed E-state index contributed by atoms with van der Waals surface area (Å²) in [5.41, 5.74) is 0.283. The van der Waals surface area contributed by atoms with Crippen molar-refractivity contribution in [2.75, 3.05) is 13.1 Å². The zero-order valence-electron chi connectivity index (χ0n) is 10.3. The van der Waals surface area contributed by atoms with E-state index in [2.05, 4.69) is 4.98 Å². The SMILES string of the molecule is CC(O)C1CCN(C(=O)c2cncc(F)c2)CC1. The number of carbonyl (C=O) groups excluding carboxylic acids is 1. The molecule has 0 aromatic carbocycles. The molecular formula is C13H17FN2O2. The minimum absolute atomic E-state index is 0.189. The number of aromatic nitrogens is 1. The molecule has 1 aromatic heterocycles. The van der Waals surface area contributed by atoms with Crippen molar-refractivity contribution >= 4 is 5.91 Å². The van der Waals surface area contributed by atoms with Gasteiger partial charge in [0.25, 0.3) is 5.91 Å². The van der Waals surface area contributed by atoms with Crippen molar-refractivity contribution < 1.29 is 14.3 Å². The lowest BCUT2D eigenvalue weighted by Crippen LogP contribution is -2.40. The van der Waals surface area contributed by atoms with Crippen molar-refractivity contribution in [3.05, 3.63) is 29.8 Å². The average molecular weight is 252 g/mol. The Morgan fingerprint density at radius 1 is 1.50 bits per heavy atom. The maximum atomic E-state index is 13.0. The molecule has 1 aliphatic heterocycles. The minimum atomic E-state index is -0.500. The number of rotatable bonds is 2. The second-order valence-electron chi connectivity index (χ2n) is 4.76. The molecule has 1 N–H and O–H groups in total. The third-order valence-electron chi connectivity index (χ3n) is 3.46. The fraction of sp³-hybridized carbons (Fsp3) is 0.538. The van der Waals surface area contributed by atoms with Gasteiger partial charge in [-0.25, -0.2) is 4.39 Å². The molecule has 1 unspecified atom stereocenters. The highest BCUT2D eigenvalue weighted by Gasteiger charge is 2.26. The first-order valence-electron chi connectivity index (χ1n) is 6.16. The summed E-state index contributed by atoms with van der Waals surface area (Å²) in [7, 11) is 0. The summed E-state index contributed by atoms with van der Waals surface area (Å²) >= 11 is 0. The van der Waals surface area contributed by atoms with Crippen LogP contribution in [-0.2, 0) is 0 Å². The van der Waals surface area contributed by atoms with Crippen LogP contribution in [0.2, 0.25) is 0 Å². The van der Waals surface area contributed by atoms with Crippen molar-refractivity contribution in [3.8, 4) is 0 Å². The summed E-state index contributed by atoms with van der Waals surface area (Å²) in [6, 6.07) is 1.20. The van der Waals surface area contributed by atoms with Gasteiger partial charge in [0.1, 0.15) is 5.82 Å². The van der Waals surface area contributed by atoms with Crippen molar-refractivity contribution in [1.29, 1.82) is 0 Å². The van der Waals surface area contributed by atoms with E-state index in [1.807, 2.05) is 0 Å². The van der Waals surface area contributed by atoms with Crippen molar-refractivity contribution in [1.82, 2.24) is 9.88 Å². The normalized spacial score (nSPS) is 18.7. The van der Waals surface area contributed by atoms with E-state index in [0.29, 0.717) is 13.1 Å². The van der Waals surface area contributed by atoms with Gasteiger partial charge in [0.05, 0.1) is 17.9 Å². The summed E-state index contributed by atoms with van der Waals surface area (Å²) in [5, 5.41) is 9.49. The van der Waals surface area contributed by atoms with E-state index in [1.165, 1.54) is 12.3 Å². The number of hydrogen-bond acceptors (Lipinski definition) is 3. The van der Waals surface area contributed by atoms with Crippen molar-refractivity contribution in [2.45, 2.75) is 25.9 Å². The predicted octanol–water partition coefficient (Wildman–Crippen LogP) is 1.45. The van der Waals surface area contributed by atoms with Crippen molar-refractivity contribution in [3.63, 3.8) is 0 Å². The molecule has 1 amide bonds. The van der Waals surface area contributed by atoms with E-state index in [1.54, 1.807) is 11.8 Å². The van der Waals surface area contributed by atoms with E-state index < -0.39 is 5.82 Å². The lowest BCUT2D eigenvalue weighted by molar-refractivity contribution is 0.0521. The number of hydrogen-bond donors (Lipinski definition) is 1. The first-order chi connectivity index (χ1) is 8.58. The molecule has 2 rings (SSSR count). The van der Waals surface area contributed by atoms with Crippen LogP contribution in [0.4, 0.5) is 4.39 Å². The Morgan fingerprint density at radius 3 is 2.72 bits per heavy atom. The Balaban J connectivity index is 1.99.